The highest BCUT2D eigenvalue weighted by molar-refractivity contribution is 8.23. The molecule has 0 radical (unpaired) electrons. The molecule has 0 N–H and O–H groups in total. The van der Waals surface area contributed by atoms with Crippen LogP contribution >= 0.6 is 35.3 Å². The van der Waals surface area contributed by atoms with Crippen molar-refractivity contribution >= 4 is 35.3 Å². The van der Waals surface area contributed by atoms with Gasteiger partial charge in [0.05, 0.1) is 4.24 Å². The summed E-state index contributed by atoms with van der Waals surface area (Å²) in [6, 6.07) is 31.5. The number of hydrogen-bond donors (Lipinski definition) is 0. The van der Waals surface area contributed by atoms with Crippen LogP contribution in [0, 0.1) is 0 Å². The Morgan fingerprint density at radius 2 is 0.913 bits per heavy atom. The topological polar surface area (TPSA) is 0 Å². The third-order valence-corrected chi connectivity index (χ3v) is 6.31. The Kier molecular flexibility index (Phi) is 6.33. The van der Waals surface area contributed by atoms with Crippen molar-refractivity contribution in [2.45, 2.75) is 14.7 Å². The van der Waals surface area contributed by atoms with E-state index in [4.69, 9.17) is 0 Å². The molecule has 3 rings (SSSR count). The van der Waals surface area contributed by atoms with Gasteiger partial charge in [-0.15, -0.1) is 0 Å². The van der Waals surface area contributed by atoms with E-state index in [1.807, 2.05) is 6.07 Å². The molecule has 0 aromatic heterocycles. The lowest BCUT2D eigenvalue weighted by molar-refractivity contribution is 1.46. The van der Waals surface area contributed by atoms with Crippen molar-refractivity contribution in [3.8, 4) is 0 Å². The number of rotatable bonds is 6. The molecule has 0 aliphatic carbocycles. The third kappa shape index (κ3) is 5.54. The molecule has 0 atom stereocenters. The smallest absolute Gasteiger partial charge is 0.0565 e. The molecule has 3 aromatic rings. The Hall–Kier alpha value is -1.55. The molecule has 0 amide bonds. The monoisotopic (exact) mass is 352 g/mol. The number of hydrogen-bond acceptors (Lipinski definition) is 3. The molecule has 0 heterocycles. The second-order valence-electron chi connectivity index (χ2n) is 4.70. The van der Waals surface area contributed by atoms with Crippen molar-refractivity contribution in [2.75, 3.05) is 0 Å². The largest absolute Gasteiger partial charge is 0.0963 e. The van der Waals surface area contributed by atoms with Gasteiger partial charge in [-0.3, -0.25) is 0 Å². The van der Waals surface area contributed by atoms with Crippen LogP contribution < -0.4 is 0 Å². The highest BCUT2D eigenvalue weighted by atomic mass is 32.2. The van der Waals surface area contributed by atoms with Crippen molar-refractivity contribution in [1.29, 1.82) is 0 Å². The van der Waals surface area contributed by atoms with Crippen LogP contribution in [0.3, 0.4) is 0 Å². The van der Waals surface area contributed by atoms with E-state index in [2.05, 4.69) is 90.3 Å². The summed E-state index contributed by atoms with van der Waals surface area (Å²) in [5.74, 6) is 0. The molecule has 0 fully saturated rings. The van der Waals surface area contributed by atoms with E-state index in [1.54, 1.807) is 35.3 Å². The Balaban J connectivity index is 1.77. The predicted octanol–water partition coefficient (Wildman–Crippen LogP) is 7.16. The van der Waals surface area contributed by atoms with Crippen LogP contribution in [0.4, 0.5) is 0 Å². The van der Waals surface area contributed by atoms with E-state index in [0.717, 1.165) is 0 Å². The molecule has 23 heavy (non-hydrogen) atoms. The number of thioether (sulfide) groups is 3. The molecular weight excluding hydrogens is 336 g/mol. The van der Waals surface area contributed by atoms with Gasteiger partial charge in [-0.05, 0) is 41.8 Å². The number of benzene rings is 3. The molecule has 114 valence electrons. The van der Waals surface area contributed by atoms with Crippen molar-refractivity contribution in [3.05, 3.63) is 101 Å². The highest BCUT2D eigenvalue weighted by Gasteiger charge is 2.04. The molecule has 0 bridgehead atoms. The Morgan fingerprint density at radius 3 is 1.35 bits per heavy atom. The van der Waals surface area contributed by atoms with E-state index < -0.39 is 0 Å². The van der Waals surface area contributed by atoms with Gasteiger partial charge < -0.3 is 0 Å². The van der Waals surface area contributed by atoms with Gasteiger partial charge in [-0.25, -0.2) is 0 Å². The zero-order chi connectivity index (χ0) is 15.7. The van der Waals surface area contributed by atoms with E-state index in [0.29, 0.717) is 0 Å². The first-order valence-corrected chi connectivity index (χ1v) is 9.79. The van der Waals surface area contributed by atoms with Crippen molar-refractivity contribution in [3.63, 3.8) is 0 Å². The first kappa shape index (κ1) is 16.3. The lowest BCUT2D eigenvalue weighted by Gasteiger charge is -2.07. The molecule has 3 heteroatoms. The van der Waals surface area contributed by atoms with E-state index in [-0.39, 0.29) is 0 Å². The predicted molar refractivity (Wildman–Crippen MR) is 105 cm³/mol. The lowest BCUT2D eigenvalue weighted by atomic mass is 10.4. The summed E-state index contributed by atoms with van der Waals surface area (Å²) in [5, 5.41) is 2.24. The second kappa shape index (κ2) is 8.92. The normalized spacial score (nSPS) is 10.3. The molecule has 0 spiro atoms. The van der Waals surface area contributed by atoms with E-state index in [9.17, 15) is 0 Å². The molecule has 3 aromatic carbocycles. The van der Waals surface area contributed by atoms with E-state index in [1.165, 1.54) is 18.9 Å². The van der Waals surface area contributed by atoms with Crippen LogP contribution in [0.15, 0.2) is 115 Å². The summed E-state index contributed by atoms with van der Waals surface area (Å²) in [7, 11) is 0. The third-order valence-electron chi connectivity index (χ3n) is 2.96. The van der Waals surface area contributed by atoms with Gasteiger partial charge in [-0.1, -0.05) is 89.9 Å². The van der Waals surface area contributed by atoms with Gasteiger partial charge in [-0.2, -0.15) is 0 Å². The average molecular weight is 353 g/mol. The molecule has 0 aliphatic rings. The van der Waals surface area contributed by atoms with Crippen LogP contribution in [-0.4, -0.2) is 0 Å². The zero-order valence-electron chi connectivity index (χ0n) is 12.5. The molecule has 0 aliphatic heterocycles. The maximum atomic E-state index is 2.24. The minimum atomic E-state index is 1.26. The molecule has 0 saturated carbocycles. The van der Waals surface area contributed by atoms with Crippen molar-refractivity contribution < 1.29 is 0 Å². The van der Waals surface area contributed by atoms with Gasteiger partial charge in [0.2, 0.25) is 0 Å². The summed E-state index contributed by atoms with van der Waals surface area (Å²) in [4.78, 5) is 3.78. The Bertz CT molecular complexity index is 694. The van der Waals surface area contributed by atoms with E-state index >= 15 is 0 Å². The van der Waals surface area contributed by atoms with Crippen LogP contribution in [0.5, 0.6) is 0 Å². The molecular formula is C20H16S3. The lowest BCUT2D eigenvalue weighted by Crippen LogP contribution is -1.75. The van der Waals surface area contributed by atoms with Crippen LogP contribution in [0.2, 0.25) is 0 Å². The summed E-state index contributed by atoms with van der Waals surface area (Å²) in [5.41, 5.74) is 0. The minimum Gasteiger partial charge on any atom is -0.0963 e. The standard InChI is InChI=1S/C20H16S3/c1-4-10-17(11-5-1)21-16-20(22-18-12-6-2-7-13-18)23-19-14-8-3-9-15-19/h1-16H. The van der Waals surface area contributed by atoms with Crippen LogP contribution in [0.25, 0.3) is 0 Å². The second-order valence-corrected chi connectivity index (χ2v) is 8.13. The molecule has 0 nitrogen and oxygen atoms in total. The molecule has 0 unspecified atom stereocenters. The Morgan fingerprint density at radius 1 is 0.522 bits per heavy atom. The Labute approximate surface area is 150 Å². The van der Waals surface area contributed by atoms with Crippen LogP contribution in [0.1, 0.15) is 0 Å². The van der Waals surface area contributed by atoms with Crippen LogP contribution in [-0.2, 0) is 0 Å². The minimum absolute atomic E-state index is 1.26. The average Bonchev–Trinajstić information content (AvgIpc) is 2.62. The SMILES string of the molecule is C(Sc1ccccc1)=C(Sc1ccccc1)Sc1ccccc1. The van der Waals surface area contributed by atoms with Gasteiger partial charge in [0, 0.05) is 14.7 Å². The van der Waals surface area contributed by atoms with Gasteiger partial charge in [0.15, 0.2) is 0 Å². The first-order valence-electron chi connectivity index (χ1n) is 7.28. The fourth-order valence-electron chi connectivity index (χ4n) is 1.89. The summed E-state index contributed by atoms with van der Waals surface area (Å²) in [6.07, 6.45) is 0. The van der Waals surface area contributed by atoms with Crippen molar-refractivity contribution in [2.24, 2.45) is 0 Å². The van der Waals surface area contributed by atoms with Gasteiger partial charge in [0.25, 0.3) is 0 Å². The summed E-state index contributed by atoms with van der Waals surface area (Å²) >= 11 is 5.38. The van der Waals surface area contributed by atoms with Gasteiger partial charge in [0.1, 0.15) is 0 Å². The fourth-order valence-corrected chi connectivity index (χ4v) is 4.91. The maximum Gasteiger partial charge on any atom is 0.0565 e. The van der Waals surface area contributed by atoms with Gasteiger partial charge >= 0.3 is 0 Å². The first-order chi connectivity index (χ1) is 11.4. The highest BCUT2D eigenvalue weighted by Crippen LogP contribution is 2.41. The maximum absolute atomic E-state index is 2.24. The summed E-state index contributed by atoms with van der Waals surface area (Å²) < 4.78 is 1.27. The zero-order valence-corrected chi connectivity index (χ0v) is 14.9. The molecule has 0 saturated heterocycles. The summed E-state index contributed by atoms with van der Waals surface area (Å²) in [6.45, 7) is 0. The van der Waals surface area contributed by atoms with Crippen molar-refractivity contribution in [1.82, 2.24) is 0 Å². The fraction of sp³-hybridized carbons (Fsp3) is 0. The quantitative estimate of drug-likeness (QED) is 0.432.